The topological polar surface area (TPSA) is 55.6 Å². The number of hydrogen-bond acceptors (Lipinski definition) is 4. The van der Waals surface area contributed by atoms with Crippen molar-refractivity contribution >= 4 is 17.5 Å². The zero-order valence-electron chi connectivity index (χ0n) is 12.7. The van der Waals surface area contributed by atoms with Crippen molar-refractivity contribution in [2.75, 3.05) is 5.32 Å². The average molecular weight is 332 g/mol. The zero-order chi connectivity index (χ0) is 16.4. The number of benzene rings is 1. The second kappa shape index (κ2) is 6.34. The molecule has 1 N–H and O–H groups in total. The van der Waals surface area contributed by atoms with Gasteiger partial charge < -0.3 is 5.32 Å². The molecule has 1 aromatic carbocycles. The molecule has 118 valence electrons. The van der Waals surface area contributed by atoms with E-state index in [1.807, 2.05) is 20.0 Å². The summed E-state index contributed by atoms with van der Waals surface area (Å²) < 4.78 is 14.8. The number of aromatic nitrogens is 4. The van der Waals surface area contributed by atoms with Crippen molar-refractivity contribution in [1.29, 1.82) is 0 Å². The minimum absolute atomic E-state index is 0.0913. The quantitative estimate of drug-likeness (QED) is 0.736. The summed E-state index contributed by atoms with van der Waals surface area (Å²) in [6, 6.07) is 7.86. The maximum Gasteiger partial charge on any atom is 0.226 e. The monoisotopic (exact) mass is 331 g/mol. The van der Waals surface area contributed by atoms with Gasteiger partial charge in [-0.2, -0.15) is 4.98 Å². The molecule has 5 nitrogen and oxygen atoms in total. The van der Waals surface area contributed by atoms with Gasteiger partial charge in [-0.3, -0.25) is 4.57 Å². The lowest BCUT2D eigenvalue weighted by atomic mass is 10.1. The van der Waals surface area contributed by atoms with Gasteiger partial charge in [0.2, 0.25) is 5.95 Å². The summed E-state index contributed by atoms with van der Waals surface area (Å²) in [7, 11) is 0. The van der Waals surface area contributed by atoms with Crippen LogP contribution in [0.1, 0.15) is 24.2 Å². The number of nitrogens with zero attached hydrogens (tertiary/aromatic N) is 4. The first-order valence-electron chi connectivity index (χ1n) is 7.09. The van der Waals surface area contributed by atoms with E-state index in [4.69, 9.17) is 11.6 Å². The van der Waals surface area contributed by atoms with Crippen LogP contribution in [-0.4, -0.2) is 19.5 Å². The number of halogens is 2. The van der Waals surface area contributed by atoms with Crippen LogP contribution in [0, 0.1) is 12.7 Å². The Morgan fingerprint density at radius 1 is 1.22 bits per heavy atom. The van der Waals surface area contributed by atoms with E-state index < -0.39 is 0 Å². The summed E-state index contributed by atoms with van der Waals surface area (Å²) in [4.78, 5) is 12.8. The normalized spacial score (nSPS) is 12.2. The highest BCUT2D eigenvalue weighted by atomic mass is 35.5. The predicted octanol–water partition coefficient (Wildman–Crippen LogP) is 3.94. The van der Waals surface area contributed by atoms with Crippen molar-refractivity contribution in [3.63, 3.8) is 0 Å². The first-order chi connectivity index (χ1) is 11.0. The molecule has 7 heteroatoms. The molecular formula is C16H15ClFN5. The van der Waals surface area contributed by atoms with E-state index in [2.05, 4.69) is 20.3 Å². The van der Waals surface area contributed by atoms with Crippen LogP contribution in [-0.2, 0) is 0 Å². The molecule has 0 fully saturated rings. The van der Waals surface area contributed by atoms with Gasteiger partial charge >= 0.3 is 0 Å². The average Bonchev–Trinajstić information content (AvgIpc) is 2.94. The Balaban J connectivity index is 1.85. The van der Waals surface area contributed by atoms with Crippen molar-refractivity contribution < 1.29 is 4.39 Å². The smallest absolute Gasteiger partial charge is 0.226 e. The summed E-state index contributed by atoms with van der Waals surface area (Å²) in [5, 5.41) is 3.50. The van der Waals surface area contributed by atoms with Gasteiger partial charge in [0.1, 0.15) is 23.1 Å². The number of hydrogen-bond donors (Lipinski definition) is 1. The van der Waals surface area contributed by atoms with Crippen LogP contribution in [0.4, 0.5) is 10.3 Å². The van der Waals surface area contributed by atoms with E-state index in [0.29, 0.717) is 16.9 Å². The van der Waals surface area contributed by atoms with Crippen molar-refractivity contribution in [2.24, 2.45) is 0 Å². The Hall–Kier alpha value is -2.47. The third-order valence-electron chi connectivity index (χ3n) is 3.37. The second-order valence-electron chi connectivity index (χ2n) is 5.21. The summed E-state index contributed by atoms with van der Waals surface area (Å²) in [6.45, 7) is 3.84. The molecule has 2 heterocycles. The van der Waals surface area contributed by atoms with Crippen molar-refractivity contribution in [3.8, 4) is 5.82 Å². The molecule has 0 radical (unpaired) electrons. The molecule has 0 unspecified atom stereocenters. The molecule has 0 aliphatic carbocycles. The number of aryl methyl sites for hydroxylation is 1. The summed E-state index contributed by atoms with van der Waals surface area (Å²) in [5.41, 5.74) is 1.81. The molecule has 0 aliphatic rings. The van der Waals surface area contributed by atoms with Gasteiger partial charge in [-0.25, -0.2) is 14.4 Å². The van der Waals surface area contributed by atoms with Gasteiger partial charge in [0.25, 0.3) is 0 Å². The van der Waals surface area contributed by atoms with Crippen LogP contribution in [0.25, 0.3) is 5.82 Å². The van der Waals surface area contributed by atoms with E-state index in [1.54, 1.807) is 29.1 Å². The third-order valence-corrected chi connectivity index (χ3v) is 3.57. The SMILES string of the molecule is Cc1cn(-c2cc(Cl)nc(N[C@@H](C)c3ccc(F)cc3)n2)cn1. The van der Waals surface area contributed by atoms with Gasteiger partial charge in [-0.05, 0) is 31.5 Å². The maximum absolute atomic E-state index is 13.0. The predicted molar refractivity (Wildman–Crippen MR) is 87.3 cm³/mol. The molecule has 0 amide bonds. The molecule has 0 saturated heterocycles. The fourth-order valence-corrected chi connectivity index (χ4v) is 2.36. The van der Waals surface area contributed by atoms with Gasteiger partial charge in [-0.15, -0.1) is 0 Å². The zero-order valence-corrected chi connectivity index (χ0v) is 13.4. The largest absolute Gasteiger partial charge is 0.348 e. The molecule has 23 heavy (non-hydrogen) atoms. The molecule has 0 spiro atoms. The molecule has 1 atom stereocenters. The molecule has 3 aromatic rings. The number of imidazole rings is 1. The Bertz CT molecular complexity index is 816. The standard InChI is InChI=1S/C16H15ClFN5/c1-10-8-23(9-19-10)15-7-14(17)21-16(22-15)20-11(2)12-3-5-13(18)6-4-12/h3-9,11H,1-2H3,(H,20,21,22)/t11-/m0/s1. The third kappa shape index (κ3) is 3.65. The molecule has 2 aromatic heterocycles. The van der Waals surface area contributed by atoms with Crippen molar-refractivity contribution in [3.05, 3.63) is 65.1 Å². The highest BCUT2D eigenvalue weighted by molar-refractivity contribution is 6.29. The Kier molecular flexibility index (Phi) is 4.25. The van der Waals surface area contributed by atoms with Gasteiger partial charge in [0.05, 0.1) is 11.7 Å². The molecule has 0 aliphatic heterocycles. The summed E-state index contributed by atoms with van der Waals surface area (Å²) in [6.07, 6.45) is 3.52. The maximum atomic E-state index is 13.0. The van der Waals surface area contributed by atoms with E-state index >= 15 is 0 Å². The molecule has 0 bridgehead atoms. The van der Waals surface area contributed by atoms with Crippen LogP contribution < -0.4 is 5.32 Å². The molecule has 0 saturated carbocycles. The highest BCUT2D eigenvalue weighted by Crippen LogP contribution is 2.20. The second-order valence-corrected chi connectivity index (χ2v) is 5.60. The number of anilines is 1. The fraction of sp³-hybridized carbons (Fsp3) is 0.188. The number of nitrogens with one attached hydrogen (secondary N) is 1. The minimum Gasteiger partial charge on any atom is -0.348 e. The molecule has 3 rings (SSSR count). The van der Waals surface area contributed by atoms with E-state index in [-0.39, 0.29) is 11.9 Å². The van der Waals surface area contributed by atoms with Crippen molar-refractivity contribution in [2.45, 2.75) is 19.9 Å². The lowest BCUT2D eigenvalue weighted by molar-refractivity contribution is 0.626. The van der Waals surface area contributed by atoms with Gasteiger partial charge in [0.15, 0.2) is 0 Å². The summed E-state index contributed by atoms with van der Waals surface area (Å²) in [5.74, 6) is 0.757. The summed E-state index contributed by atoms with van der Waals surface area (Å²) >= 11 is 6.08. The lowest BCUT2D eigenvalue weighted by Gasteiger charge is -2.15. The van der Waals surface area contributed by atoms with E-state index in [1.165, 1.54) is 12.1 Å². The fourth-order valence-electron chi connectivity index (χ4n) is 2.18. The van der Waals surface area contributed by atoms with E-state index in [9.17, 15) is 4.39 Å². The highest BCUT2D eigenvalue weighted by Gasteiger charge is 2.10. The Morgan fingerprint density at radius 3 is 2.61 bits per heavy atom. The Morgan fingerprint density at radius 2 is 1.96 bits per heavy atom. The first-order valence-corrected chi connectivity index (χ1v) is 7.46. The van der Waals surface area contributed by atoms with Crippen LogP contribution in [0.3, 0.4) is 0 Å². The van der Waals surface area contributed by atoms with Crippen LogP contribution in [0.15, 0.2) is 42.9 Å². The lowest BCUT2D eigenvalue weighted by Crippen LogP contribution is -2.11. The number of rotatable bonds is 4. The van der Waals surface area contributed by atoms with Crippen molar-refractivity contribution in [1.82, 2.24) is 19.5 Å². The van der Waals surface area contributed by atoms with Crippen LogP contribution >= 0.6 is 11.6 Å². The first kappa shape index (κ1) is 15.4. The van der Waals surface area contributed by atoms with Crippen LogP contribution in [0.2, 0.25) is 5.15 Å². The molecular weight excluding hydrogens is 317 g/mol. The van der Waals surface area contributed by atoms with Gasteiger partial charge in [0, 0.05) is 12.3 Å². The van der Waals surface area contributed by atoms with E-state index in [0.717, 1.165) is 11.3 Å². The van der Waals surface area contributed by atoms with Crippen LogP contribution in [0.5, 0.6) is 0 Å². The minimum atomic E-state index is -0.266. The van der Waals surface area contributed by atoms with Gasteiger partial charge in [-0.1, -0.05) is 23.7 Å². The Labute approximate surface area is 138 Å².